The quantitative estimate of drug-likeness (QED) is 0.00414. The number of aromatic hydroxyl groups is 1. The van der Waals surface area contributed by atoms with Crippen LogP contribution in [0.3, 0.4) is 0 Å². The number of esters is 2. The summed E-state index contributed by atoms with van der Waals surface area (Å²) in [5.41, 5.74) is 4.81. The van der Waals surface area contributed by atoms with Gasteiger partial charge in [-0.25, -0.2) is 19.1 Å². The predicted octanol–water partition coefficient (Wildman–Crippen LogP) is 10.8. The van der Waals surface area contributed by atoms with Crippen molar-refractivity contribution in [1.29, 1.82) is 0 Å². The van der Waals surface area contributed by atoms with Gasteiger partial charge in [0.25, 0.3) is 0 Å². The minimum atomic E-state index is -1.93. The number of benzene rings is 3. The van der Waals surface area contributed by atoms with E-state index in [2.05, 4.69) is 47.7 Å². The van der Waals surface area contributed by atoms with Crippen molar-refractivity contribution in [2.75, 3.05) is 65.7 Å². The molecule has 4 aromatic heterocycles. The number of pyridine rings is 3. The maximum absolute atomic E-state index is 14.9. The van der Waals surface area contributed by atoms with Crippen LogP contribution in [0.4, 0.5) is 10.5 Å². The van der Waals surface area contributed by atoms with Crippen molar-refractivity contribution in [3.8, 4) is 11.5 Å². The zero-order valence-electron chi connectivity index (χ0n) is 74.4. The summed E-state index contributed by atoms with van der Waals surface area (Å²) in [6, 6.07) is 28.6. The molecule has 0 saturated carbocycles. The number of amides is 7. The number of anilines is 1. The molecule has 36 heteroatoms. The Hall–Kier alpha value is -10.3. The van der Waals surface area contributed by atoms with Crippen LogP contribution in [-0.4, -0.2) is 233 Å². The number of phenols is 1. The van der Waals surface area contributed by atoms with E-state index in [-0.39, 0.29) is 127 Å². The first kappa shape index (κ1) is 103. The van der Waals surface area contributed by atoms with E-state index in [4.69, 9.17) is 45.3 Å². The number of carbonyl (C=O) groups is 9. The van der Waals surface area contributed by atoms with Gasteiger partial charge in [-0.1, -0.05) is 127 Å². The van der Waals surface area contributed by atoms with E-state index < -0.39 is 125 Å². The number of hydrogen-bond donors (Lipinski definition) is 4. The van der Waals surface area contributed by atoms with Crippen molar-refractivity contribution in [2.45, 2.75) is 198 Å². The second kappa shape index (κ2) is 49.4. The Morgan fingerprint density at radius 2 is 1.55 bits per heavy atom. The van der Waals surface area contributed by atoms with Gasteiger partial charge in [0, 0.05) is 127 Å². The smallest absolute Gasteiger partial charge is 0.811 e. The molecule has 4 aliphatic rings. The number of nitrogens with zero attached hydrogens (tertiary/aromatic N) is 13. The van der Waals surface area contributed by atoms with Crippen LogP contribution in [0.1, 0.15) is 132 Å². The number of alkyl carbamates (subject to hydrolysis) is 1. The molecule has 11 rings (SSSR count). The van der Waals surface area contributed by atoms with Gasteiger partial charge in [0.1, 0.15) is 71.2 Å². The molecule has 0 radical (unpaired) electrons. The van der Waals surface area contributed by atoms with Gasteiger partial charge in [0.2, 0.25) is 35.4 Å². The number of aryl methyl sites for hydroxylation is 1. The molecule has 0 aliphatic carbocycles. The molecule has 4 bridgehead atoms. The van der Waals surface area contributed by atoms with E-state index in [1.54, 1.807) is 99.1 Å². The van der Waals surface area contributed by atoms with Crippen molar-refractivity contribution in [2.24, 2.45) is 5.92 Å². The van der Waals surface area contributed by atoms with Crippen molar-refractivity contribution in [1.82, 2.24) is 60.2 Å². The second-order valence-corrected chi connectivity index (χ2v) is 33.5. The summed E-state index contributed by atoms with van der Waals surface area (Å²) in [5.74, 6) is -5.09. The SMILES string of the molecule is CCc1ccccn1.COC(=O)[C@H](Cc1cc(C[N-]Cc2ccccn2)c(O)c(CN(C/C(C)=C/C=C\C=[N-])Cc2ccccn2)c1)N(CC(=O)NCn1nnc2ccccc21)C(=O)CCCCCN1C(=O)CC(SCCC(=O)N(C)[C@H](C)C(=O)O[C@@H]2CC(=O)N(C)c3cc(cc(OC)c3Cl)C/C(C)=C/C=C/[C@H](OC)[C@]3(O)C[C@@H](OC(=O)N3)[C@H](C)[C@H]3O[C@@]32C)C1=O.[Zn+2].[Zn+2]. The zero-order chi connectivity index (χ0) is 90.8. The summed E-state index contributed by atoms with van der Waals surface area (Å²) >= 11 is 8.01. The summed E-state index contributed by atoms with van der Waals surface area (Å²) in [6.45, 7) is 11.3. The normalized spacial score (nSPS) is 21.0. The van der Waals surface area contributed by atoms with Crippen molar-refractivity contribution < 1.29 is 121 Å². The Kier molecular flexibility index (Phi) is 39.8. The van der Waals surface area contributed by atoms with Gasteiger partial charge in [-0.3, -0.25) is 58.8 Å². The Labute approximate surface area is 781 Å². The number of phenolic OH excluding ortho intramolecular Hbond substituents is 1. The van der Waals surface area contributed by atoms with Crippen LogP contribution in [0.5, 0.6) is 11.5 Å². The fourth-order valence-corrected chi connectivity index (χ4v) is 16.8. The number of unbranched alkanes of at least 4 members (excludes halogenated alkanes) is 2. The number of allylic oxidation sites excluding steroid dienone is 6. The number of ether oxygens (including phenoxy) is 6. The van der Waals surface area contributed by atoms with Crippen molar-refractivity contribution >= 4 is 99.8 Å². The molecule has 32 nitrogen and oxygen atoms in total. The van der Waals surface area contributed by atoms with Gasteiger partial charge >= 0.3 is 57.0 Å². The van der Waals surface area contributed by atoms with E-state index in [1.807, 2.05) is 80.7 Å². The summed E-state index contributed by atoms with van der Waals surface area (Å²) in [5, 5.41) is 51.3. The molecule has 4 aliphatic heterocycles. The number of aromatic nitrogens is 6. The first-order chi connectivity index (χ1) is 60.5. The predicted molar refractivity (Wildman–Crippen MR) is 476 cm³/mol. The fourth-order valence-electron chi connectivity index (χ4n) is 15.4. The number of fused-ring (bicyclic) bond motifs is 6. The monoisotopic (exact) mass is 1890 g/mol. The maximum atomic E-state index is 14.9. The molecule has 128 heavy (non-hydrogen) atoms. The Balaban J connectivity index is 0.00000191. The summed E-state index contributed by atoms with van der Waals surface area (Å²) < 4.78 is 36.6. The Bertz CT molecular complexity index is 5120. The van der Waals surface area contributed by atoms with E-state index in [0.29, 0.717) is 77.2 Å². The molecule has 10 atom stereocenters. The third-order valence-corrected chi connectivity index (χ3v) is 24.2. The molecule has 7 aromatic rings. The van der Waals surface area contributed by atoms with Gasteiger partial charge in [0.15, 0.2) is 5.72 Å². The number of hydrogen-bond acceptors (Lipinski definition) is 24. The number of para-hydroxylation sites is 1. The number of imide groups is 1. The number of likely N-dealkylation sites (N-methyl/N-ethyl adjacent to an activating group) is 1. The third-order valence-electron chi connectivity index (χ3n) is 22.6. The third kappa shape index (κ3) is 28.1. The number of rotatable bonds is 36. The second-order valence-electron chi connectivity index (χ2n) is 31.8. The average Bonchev–Trinajstić information content (AvgIpc) is 1.57. The number of thioether (sulfide) groups is 1. The van der Waals surface area contributed by atoms with Gasteiger partial charge in [0.05, 0.1) is 48.9 Å². The number of nitrogens with one attached hydrogen (secondary N) is 2. The van der Waals surface area contributed by atoms with Gasteiger partial charge < -0.3 is 69.4 Å². The molecule has 3 saturated heterocycles. The van der Waals surface area contributed by atoms with Crippen LogP contribution in [0, 0.1) is 5.92 Å². The fraction of sp³-hybridized carbons (Fsp3) is 0.446. The minimum absolute atomic E-state index is 0. The first-order valence-corrected chi connectivity index (χ1v) is 43.3. The number of aliphatic hydroxyl groups is 1. The molecule has 3 aromatic carbocycles. The molecular weight excluding hydrogens is 1790 g/mol. The number of methoxy groups -OCH3 is 3. The molecule has 0 spiro atoms. The number of likely N-dealkylation sites (tertiary alicyclic amines) is 1. The molecule has 7 amide bonds. The summed E-state index contributed by atoms with van der Waals surface area (Å²) in [6.07, 6.45) is 12.4. The molecule has 1 unspecified atom stereocenters. The van der Waals surface area contributed by atoms with Crippen molar-refractivity contribution in [3.05, 3.63) is 224 Å². The van der Waals surface area contributed by atoms with E-state index in [0.717, 1.165) is 57.4 Å². The van der Waals surface area contributed by atoms with E-state index in [9.17, 15) is 58.8 Å². The molecule has 4 N–H and O–H groups in total. The van der Waals surface area contributed by atoms with Crippen LogP contribution in [0.25, 0.3) is 21.8 Å². The van der Waals surface area contributed by atoms with Crippen LogP contribution >= 0.6 is 23.4 Å². The van der Waals surface area contributed by atoms with E-state index >= 15 is 0 Å². The van der Waals surface area contributed by atoms with Crippen molar-refractivity contribution in [3.63, 3.8) is 0 Å². The molecule has 8 heterocycles. The van der Waals surface area contributed by atoms with Crippen LogP contribution < -0.4 is 20.3 Å². The average molecular weight is 1900 g/mol. The Morgan fingerprint density at radius 3 is 2.22 bits per heavy atom. The maximum Gasteiger partial charge on any atom is 2.00 e. The molecular formula is C92H112ClN15O17SZn2+2. The van der Waals surface area contributed by atoms with E-state index in [1.165, 1.54) is 67.8 Å². The number of carbonyl (C=O) groups excluding carboxylic acids is 9. The number of halogens is 1. The standard InChI is InChI=1S/C85H103ClN14O17S.C7H9N.2Zn/c1-53-24-22-29-70(113-9)85(111)45-68(115-83(110)92-85)55(3)79-84(5,117-79)71(44-75(104)96(7)65-40-57(37-53)42-67(112-8)77(65)86)116-81(108)56(4)95(6)73(102)31-36-118-69-43-76(105)98(80(69)107)35-21-11-12-30-74(103)99(51-72(101)91-52-100-64-28-14-13-27-63(64)93-94-100)66(82(109)114-10)41-58-38-59(46-88-47-61-25-16-19-33-89-61)78(106)60(39-58)49-97(48-54(2)23-15-18-32-87)50-62-26-17-20-34-90-62;1-2-7-5-3-4-6-8-7;;/h13-20,22-29,32-34,38-40,42,55-56,66,68-71,79,106,111H,11-12,21,30-31,35-37,41,43-52H2,1-10H3,(H,91,101)(H,92,110);3-6H,2H2,1H3;;/q-2;;2*+2/b18-15-,29-22+,53-24+,54-23+;;;/t55-,56+,66-,68+,69?,70-,71+,79+,84+,85+;;;/m0.../s1. The van der Waals surface area contributed by atoms with Crippen LogP contribution in [0.2, 0.25) is 5.02 Å². The zero-order valence-corrected chi connectivity index (χ0v) is 81.9. The van der Waals surface area contributed by atoms with Gasteiger partial charge in [-0.2, -0.15) is 6.21 Å². The van der Waals surface area contributed by atoms with Crippen LogP contribution in [-0.2, 0) is 153 Å². The van der Waals surface area contributed by atoms with Gasteiger partial charge in [-0.15, -0.1) is 30.0 Å². The van der Waals surface area contributed by atoms with Crippen LogP contribution in [0.15, 0.2) is 169 Å². The summed E-state index contributed by atoms with van der Waals surface area (Å²) in [4.78, 5) is 147. The molecule has 3 fully saturated rings. The largest absolute Gasteiger partial charge is 2.00 e. The topological polar surface area (TPSA) is 399 Å². The first-order valence-electron chi connectivity index (χ1n) is 41.9. The van der Waals surface area contributed by atoms with Gasteiger partial charge in [-0.05, 0) is 131 Å². The Morgan fingerprint density at radius 1 is 0.852 bits per heavy atom. The summed E-state index contributed by atoms with van der Waals surface area (Å²) in [7, 11) is 6.99. The molecule has 672 valence electrons. The number of epoxide rings is 1. The minimum Gasteiger partial charge on any atom is -0.811 e.